The molecule has 0 bridgehead atoms. The predicted molar refractivity (Wildman–Crippen MR) is 122 cm³/mol. The summed E-state index contributed by atoms with van der Waals surface area (Å²) >= 11 is 6.25. The van der Waals surface area contributed by atoms with Gasteiger partial charge in [-0.1, -0.05) is 60.1 Å². The molecule has 0 amide bonds. The molecule has 1 atom stereocenters. The zero-order chi connectivity index (χ0) is 22.2. The summed E-state index contributed by atoms with van der Waals surface area (Å²) in [5.41, 5.74) is 11.5. The number of para-hydroxylation sites is 1. The average molecular weight is 450 g/mol. The van der Waals surface area contributed by atoms with Crippen LogP contribution in [0.4, 0.5) is 14.5 Å². The third-order valence-electron chi connectivity index (χ3n) is 5.48. The Hall–Kier alpha value is -3.57. The molecule has 0 saturated heterocycles. The van der Waals surface area contributed by atoms with Crippen molar-refractivity contribution >= 4 is 17.3 Å². The average Bonchev–Trinajstić information content (AvgIpc) is 2.78. The minimum Gasteiger partial charge on any atom is -0.480 e. The summed E-state index contributed by atoms with van der Waals surface area (Å²) in [6, 6.07) is 25.7. The third-order valence-corrected chi connectivity index (χ3v) is 5.71. The van der Waals surface area contributed by atoms with Gasteiger partial charge in [-0.15, -0.1) is 0 Å². The number of benzene rings is 4. The smallest absolute Gasteiger partial charge is 0.387 e. The van der Waals surface area contributed by atoms with Crippen molar-refractivity contribution in [3.63, 3.8) is 0 Å². The molecule has 0 saturated carbocycles. The predicted octanol–water partition coefficient (Wildman–Crippen LogP) is 7.34. The van der Waals surface area contributed by atoms with E-state index in [1.807, 2.05) is 60.7 Å². The fraction of sp³-hybridized carbons (Fsp3) is 0.0769. The Morgan fingerprint density at radius 1 is 0.875 bits per heavy atom. The number of rotatable bonds is 4. The van der Waals surface area contributed by atoms with Gasteiger partial charge in [-0.05, 0) is 53.1 Å². The van der Waals surface area contributed by atoms with Gasteiger partial charge in [0.05, 0.1) is 5.56 Å². The molecule has 5 rings (SSSR count). The van der Waals surface area contributed by atoms with Gasteiger partial charge in [-0.2, -0.15) is 8.78 Å². The molecule has 1 aliphatic heterocycles. The summed E-state index contributed by atoms with van der Waals surface area (Å²) < 4.78 is 37.3. The molecule has 4 aromatic carbocycles. The van der Waals surface area contributed by atoms with Crippen molar-refractivity contribution in [3.05, 3.63) is 101 Å². The normalized spacial score (nSPS) is 14.4. The Kier molecular flexibility index (Phi) is 5.19. The quantitative estimate of drug-likeness (QED) is 0.331. The van der Waals surface area contributed by atoms with E-state index in [0.29, 0.717) is 22.0 Å². The first kappa shape index (κ1) is 20.3. The molecule has 32 heavy (non-hydrogen) atoms. The van der Waals surface area contributed by atoms with E-state index in [0.717, 1.165) is 27.8 Å². The second-order valence-electron chi connectivity index (χ2n) is 7.45. The third kappa shape index (κ3) is 3.65. The van der Waals surface area contributed by atoms with Gasteiger partial charge in [-0.25, -0.2) is 0 Å². The first-order valence-electron chi connectivity index (χ1n) is 10.0. The highest BCUT2D eigenvalue weighted by Gasteiger charge is 2.31. The van der Waals surface area contributed by atoms with Gasteiger partial charge in [0.1, 0.15) is 17.6 Å². The summed E-state index contributed by atoms with van der Waals surface area (Å²) in [7, 11) is 0. The van der Waals surface area contributed by atoms with Crippen LogP contribution in [-0.4, -0.2) is 6.61 Å². The number of alkyl halides is 2. The summed E-state index contributed by atoms with van der Waals surface area (Å²) in [6.07, 6.45) is -0.483. The van der Waals surface area contributed by atoms with Gasteiger partial charge in [0.2, 0.25) is 0 Å². The zero-order valence-electron chi connectivity index (χ0n) is 16.8. The van der Waals surface area contributed by atoms with Gasteiger partial charge in [0.15, 0.2) is 0 Å². The number of hydrogen-bond donors (Lipinski definition) is 1. The van der Waals surface area contributed by atoms with Crippen LogP contribution in [0.2, 0.25) is 5.02 Å². The molecule has 0 spiro atoms. The second kappa shape index (κ2) is 8.17. The van der Waals surface area contributed by atoms with Gasteiger partial charge in [0.25, 0.3) is 0 Å². The lowest BCUT2D eigenvalue weighted by Gasteiger charge is -2.31. The molecule has 2 N–H and O–H groups in total. The SMILES string of the molecule is Nc1ccccc1-c1ccc2c(c1)C(c1cccc(Cl)c1)Oc1cccc(OC(F)F)c1-2. The Balaban J connectivity index is 1.74. The number of ether oxygens (including phenoxy) is 2. The van der Waals surface area contributed by atoms with E-state index >= 15 is 0 Å². The summed E-state index contributed by atoms with van der Waals surface area (Å²) in [5.74, 6) is 0.530. The van der Waals surface area contributed by atoms with Crippen LogP contribution in [-0.2, 0) is 0 Å². The highest BCUT2D eigenvalue weighted by molar-refractivity contribution is 6.30. The van der Waals surface area contributed by atoms with Crippen molar-refractivity contribution in [2.75, 3.05) is 5.73 Å². The molecular weight excluding hydrogens is 432 g/mol. The van der Waals surface area contributed by atoms with Crippen LogP contribution >= 0.6 is 11.6 Å². The van der Waals surface area contributed by atoms with Crippen LogP contribution in [0.3, 0.4) is 0 Å². The lowest BCUT2D eigenvalue weighted by atomic mass is 9.86. The Morgan fingerprint density at radius 3 is 2.47 bits per heavy atom. The van der Waals surface area contributed by atoms with Crippen molar-refractivity contribution < 1.29 is 18.3 Å². The number of fused-ring (bicyclic) bond motifs is 3. The van der Waals surface area contributed by atoms with Crippen LogP contribution in [0.15, 0.2) is 84.9 Å². The molecule has 1 unspecified atom stereocenters. The van der Waals surface area contributed by atoms with Crippen LogP contribution in [0.5, 0.6) is 11.5 Å². The van der Waals surface area contributed by atoms with E-state index in [4.69, 9.17) is 26.8 Å². The Labute approximate surface area is 189 Å². The fourth-order valence-corrected chi connectivity index (χ4v) is 4.31. The molecule has 4 aromatic rings. The Bertz CT molecular complexity index is 1310. The van der Waals surface area contributed by atoms with E-state index in [1.54, 1.807) is 18.2 Å². The monoisotopic (exact) mass is 449 g/mol. The maximum absolute atomic E-state index is 13.1. The molecule has 160 valence electrons. The van der Waals surface area contributed by atoms with Crippen molar-refractivity contribution in [2.24, 2.45) is 0 Å². The van der Waals surface area contributed by atoms with Gasteiger partial charge in [0, 0.05) is 21.8 Å². The zero-order valence-corrected chi connectivity index (χ0v) is 17.5. The highest BCUT2D eigenvalue weighted by atomic mass is 35.5. The van der Waals surface area contributed by atoms with Crippen molar-refractivity contribution in [2.45, 2.75) is 12.7 Å². The number of anilines is 1. The fourth-order valence-electron chi connectivity index (χ4n) is 4.11. The number of nitrogen functional groups attached to an aromatic ring is 1. The van der Waals surface area contributed by atoms with Gasteiger partial charge in [-0.3, -0.25) is 0 Å². The molecule has 0 radical (unpaired) electrons. The lowest BCUT2D eigenvalue weighted by molar-refractivity contribution is -0.0496. The number of hydrogen-bond acceptors (Lipinski definition) is 3. The van der Waals surface area contributed by atoms with Crippen LogP contribution in [0.1, 0.15) is 17.2 Å². The van der Waals surface area contributed by atoms with E-state index in [-0.39, 0.29) is 5.75 Å². The molecular formula is C26H18ClF2NO2. The summed E-state index contributed by atoms with van der Waals surface area (Å²) in [4.78, 5) is 0. The topological polar surface area (TPSA) is 44.5 Å². The van der Waals surface area contributed by atoms with E-state index in [9.17, 15) is 8.78 Å². The van der Waals surface area contributed by atoms with Crippen LogP contribution in [0.25, 0.3) is 22.3 Å². The maximum Gasteiger partial charge on any atom is 0.387 e. The van der Waals surface area contributed by atoms with Crippen molar-refractivity contribution in [1.29, 1.82) is 0 Å². The molecule has 1 heterocycles. The van der Waals surface area contributed by atoms with E-state index < -0.39 is 12.7 Å². The molecule has 0 fully saturated rings. The van der Waals surface area contributed by atoms with Crippen LogP contribution in [0, 0.1) is 0 Å². The van der Waals surface area contributed by atoms with Crippen molar-refractivity contribution in [1.82, 2.24) is 0 Å². The minimum absolute atomic E-state index is 0.0651. The summed E-state index contributed by atoms with van der Waals surface area (Å²) in [6.45, 7) is -2.95. The number of nitrogens with two attached hydrogens (primary N) is 1. The standard InChI is InChI=1S/C26H18ClF2NO2/c27-17-6-3-5-16(13-17)25-20-14-15(18-7-1-2-8-21(18)30)11-12-19(20)24-22(31-25)9-4-10-23(24)32-26(28)29/h1-14,25-26H,30H2. The highest BCUT2D eigenvalue weighted by Crippen LogP contribution is 2.50. The van der Waals surface area contributed by atoms with Gasteiger partial charge < -0.3 is 15.2 Å². The van der Waals surface area contributed by atoms with E-state index in [2.05, 4.69) is 0 Å². The van der Waals surface area contributed by atoms with Crippen molar-refractivity contribution in [3.8, 4) is 33.8 Å². The molecule has 1 aliphatic rings. The first-order chi connectivity index (χ1) is 15.5. The van der Waals surface area contributed by atoms with E-state index in [1.165, 1.54) is 6.07 Å². The molecule has 3 nitrogen and oxygen atoms in total. The number of halogens is 3. The molecule has 0 aromatic heterocycles. The Morgan fingerprint density at radius 2 is 1.69 bits per heavy atom. The first-order valence-corrected chi connectivity index (χ1v) is 10.4. The minimum atomic E-state index is -2.95. The van der Waals surface area contributed by atoms with Gasteiger partial charge >= 0.3 is 6.61 Å². The maximum atomic E-state index is 13.1. The second-order valence-corrected chi connectivity index (χ2v) is 7.89. The summed E-state index contributed by atoms with van der Waals surface area (Å²) in [5, 5.41) is 0.580. The lowest BCUT2D eigenvalue weighted by Crippen LogP contribution is -2.17. The van der Waals surface area contributed by atoms with Crippen LogP contribution < -0.4 is 15.2 Å². The molecule has 6 heteroatoms. The largest absolute Gasteiger partial charge is 0.480 e. The molecule has 0 aliphatic carbocycles.